The van der Waals surface area contributed by atoms with E-state index >= 15 is 0 Å². The summed E-state index contributed by atoms with van der Waals surface area (Å²) in [6.07, 6.45) is -1.83. The first-order valence-corrected chi connectivity index (χ1v) is 5.55. The van der Waals surface area contributed by atoms with E-state index in [1.54, 1.807) is 11.3 Å². The molecule has 0 fully saturated rings. The Morgan fingerprint density at radius 3 is 2.86 bits per heavy atom. The molecule has 0 radical (unpaired) electrons. The van der Waals surface area contributed by atoms with Gasteiger partial charge >= 0.3 is 0 Å². The van der Waals surface area contributed by atoms with E-state index in [0.717, 1.165) is 4.88 Å². The average Bonchev–Trinajstić information content (AvgIpc) is 2.64. The van der Waals surface area contributed by atoms with E-state index in [0.29, 0.717) is 6.42 Å². The lowest BCUT2D eigenvalue weighted by atomic mass is 10.3. The van der Waals surface area contributed by atoms with Crippen LogP contribution in [0.15, 0.2) is 17.5 Å². The van der Waals surface area contributed by atoms with Crippen molar-refractivity contribution < 1.29 is 13.5 Å². The summed E-state index contributed by atoms with van der Waals surface area (Å²) in [5.74, 6) is 0. The lowest BCUT2D eigenvalue weighted by molar-refractivity contribution is 0.0166. The average molecular weight is 241 g/mol. The second kappa shape index (κ2) is 6.32. The molecule has 0 bridgehead atoms. The van der Waals surface area contributed by atoms with E-state index in [4.69, 9.17) is 16.3 Å². The molecule has 1 aromatic rings. The second-order valence-electron chi connectivity index (χ2n) is 2.74. The summed E-state index contributed by atoms with van der Waals surface area (Å²) in [5, 5.41) is 1.80. The molecular formula is C9H11ClF2OS. The summed E-state index contributed by atoms with van der Waals surface area (Å²) in [5.41, 5.74) is 0. The quantitative estimate of drug-likeness (QED) is 0.544. The second-order valence-corrected chi connectivity index (χ2v) is 4.24. The SMILES string of the molecule is FC(F)COCCC(Cl)c1cccs1. The van der Waals surface area contributed by atoms with Gasteiger partial charge in [-0.3, -0.25) is 0 Å². The van der Waals surface area contributed by atoms with Crippen LogP contribution in [0.2, 0.25) is 0 Å². The Balaban J connectivity index is 2.13. The van der Waals surface area contributed by atoms with Gasteiger partial charge in [0.15, 0.2) is 0 Å². The molecule has 0 N–H and O–H groups in total. The molecule has 1 aromatic heterocycles. The molecule has 0 aliphatic rings. The lowest BCUT2D eigenvalue weighted by Gasteiger charge is -2.07. The zero-order valence-corrected chi connectivity index (χ0v) is 9.03. The van der Waals surface area contributed by atoms with E-state index in [-0.39, 0.29) is 12.0 Å². The van der Waals surface area contributed by atoms with Crippen LogP contribution in [0.4, 0.5) is 8.78 Å². The zero-order chi connectivity index (χ0) is 10.4. The third-order valence-corrected chi connectivity index (χ3v) is 3.18. The van der Waals surface area contributed by atoms with Crippen LogP contribution in [0.5, 0.6) is 0 Å². The van der Waals surface area contributed by atoms with Crippen molar-refractivity contribution in [2.24, 2.45) is 0 Å². The smallest absolute Gasteiger partial charge is 0.261 e. The Bertz CT molecular complexity index is 241. The Hall–Kier alpha value is -0.190. The molecule has 0 amide bonds. The van der Waals surface area contributed by atoms with Crippen molar-refractivity contribution in [3.63, 3.8) is 0 Å². The Morgan fingerprint density at radius 2 is 2.29 bits per heavy atom. The highest BCUT2D eigenvalue weighted by Gasteiger charge is 2.09. The monoisotopic (exact) mass is 240 g/mol. The molecular weight excluding hydrogens is 230 g/mol. The van der Waals surface area contributed by atoms with Gasteiger partial charge in [-0.25, -0.2) is 8.78 Å². The predicted octanol–water partition coefficient (Wildman–Crippen LogP) is 3.70. The van der Waals surface area contributed by atoms with E-state index in [1.807, 2.05) is 17.5 Å². The van der Waals surface area contributed by atoms with Crippen LogP contribution in [-0.4, -0.2) is 19.6 Å². The summed E-state index contributed by atoms with van der Waals surface area (Å²) in [6.45, 7) is -0.232. The molecule has 1 nitrogen and oxygen atoms in total. The van der Waals surface area contributed by atoms with Crippen molar-refractivity contribution in [3.05, 3.63) is 22.4 Å². The fourth-order valence-electron chi connectivity index (χ4n) is 0.971. The summed E-state index contributed by atoms with van der Waals surface area (Å²) < 4.78 is 28.1. The third kappa shape index (κ3) is 4.35. The first kappa shape index (κ1) is 11.9. The van der Waals surface area contributed by atoms with Crippen molar-refractivity contribution in [2.45, 2.75) is 18.2 Å². The number of halogens is 3. The molecule has 1 heterocycles. The minimum Gasteiger partial charge on any atom is -0.375 e. The summed E-state index contributed by atoms with van der Waals surface area (Å²) >= 11 is 7.57. The first-order valence-electron chi connectivity index (χ1n) is 4.23. The highest BCUT2D eigenvalue weighted by molar-refractivity contribution is 7.10. The molecule has 0 aliphatic heterocycles. The van der Waals surface area contributed by atoms with Gasteiger partial charge in [0, 0.05) is 11.5 Å². The Kier molecular flexibility index (Phi) is 5.37. The molecule has 14 heavy (non-hydrogen) atoms. The lowest BCUT2D eigenvalue weighted by Crippen LogP contribution is -2.06. The number of hydrogen-bond donors (Lipinski definition) is 0. The van der Waals surface area contributed by atoms with Crippen LogP contribution in [0.1, 0.15) is 16.7 Å². The van der Waals surface area contributed by atoms with Gasteiger partial charge in [0.2, 0.25) is 0 Å². The van der Waals surface area contributed by atoms with Crippen LogP contribution in [0, 0.1) is 0 Å². The van der Waals surface area contributed by atoms with Crippen molar-refractivity contribution >= 4 is 22.9 Å². The normalized spacial score (nSPS) is 13.4. The molecule has 0 saturated heterocycles. The Morgan fingerprint density at radius 1 is 1.50 bits per heavy atom. The summed E-state index contributed by atoms with van der Waals surface area (Å²) in [6, 6.07) is 3.84. The fraction of sp³-hybridized carbons (Fsp3) is 0.556. The number of thiophene rings is 1. The highest BCUT2D eigenvalue weighted by atomic mass is 35.5. The molecule has 0 spiro atoms. The third-order valence-electron chi connectivity index (χ3n) is 1.61. The van der Waals surface area contributed by atoms with Gasteiger partial charge in [-0.15, -0.1) is 22.9 Å². The van der Waals surface area contributed by atoms with Crippen molar-refractivity contribution in [2.75, 3.05) is 13.2 Å². The van der Waals surface area contributed by atoms with Crippen molar-refractivity contribution in [1.29, 1.82) is 0 Å². The van der Waals surface area contributed by atoms with E-state index < -0.39 is 13.0 Å². The molecule has 0 saturated carbocycles. The maximum atomic E-state index is 11.7. The maximum absolute atomic E-state index is 11.7. The first-order chi connectivity index (χ1) is 6.70. The van der Waals surface area contributed by atoms with Gasteiger partial charge in [0.05, 0.1) is 5.38 Å². The number of ether oxygens (including phenoxy) is 1. The number of alkyl halides is 3. The molecule has 80 valence electrons. The molecule has 0 aliphatic carbocycles. The fourth-order valence-corrected chi connectivity index (χ4v) is 2.02. The van der Waals surface area contributed by atoms with Gasteiger partial charge in [0.1, 0.15) is 6.61 Å². The van der Waals surface area contributed by atoms with Gasteiger partial charge in [-0.2, -0.15) is 0 Å². The number of hydrogen-bond acceptors (Lipinski definition) is 2. The van der Waals surface area contributed by atoms with Crippen LogP contribution in [0.25, 0.3) is 0 Å². The molecule has 1 atom stereocenters. The predicted molar refractivity (Wildman–Crippen MR) is 54.4 cm³/mol. The van der Waals surface area contributed by atoms with E-state index in [1.165, 1.54) is 0 Å². The van der Waals surface area contributed by atoms with Gasteiger partial charge in [0.25, 0.3) is 6.43 Å². The minimum absolute atomic E-state index is 0.132. The molecule has 5 heteroatoms. The van der Waals surface area contributed by atoms with Gasteiger partial charge in [-0.05, 0) is 17.9 Å². The highest BCUT2D eigenvalue weighted by Crippen LogP contribution is 2.27. The molecule has 1 unspecified atom stereocenters. The zero-order valence-electron chi connectivity index (χ0n) is 7.46. The largest absolute Gasteiger partial charge is 0.375 e. The molecule has 0 aromatic carbocycles. The van der Waals surface area contributed by atoms with Crippen LogP contribution < -0.4 is 0 Å². The maximum Gasteiger partial charge on any atom is 0.261 e. The van der Waals surface area contributed by atoms with Crippen LogP contribution in [0.3, 0.4) is 0 Å². The van der Waals surface area contributed by atoms with Crippen molar-refractivity contribution in [3.8, 4) is 0 Å². The standard InChI is InChI=1S/C9H11ClF2OS/c10-7(8-2-1-5-14-8)3-4-13-6-9(11)12/h1-2,5,7,9H,3-4,6H2. The minimum atomic E-state index is -2.40. The van der Waals surface area contributed by atoms with Crippen LogP contribution >= 0.6 is 22.9 Å². The molecule has 1 rings (SSSR count). The Labute approximate surface area is 90.6 Å². The van der Waals surface area contributed by atoms with Gasteiger partial charge in [-0.1, -0.05) is 6.07 Å². The number of rotatable bonds is 6. The van der Waals surface area contributed by atoms with Crippen LogP contribution in [-0.2, 0) is 4.74 Å². The van der Waals surface area contributed by atoms with Crippen molar-refractivity contribution in [1.82, 2.24) is 0 Å². The van der Waals surface area contributed by atoms with E-state index in [9.17, 15) is 8.78 Å². The summed E-state index contributed by atoms with van der Waals surface area (Å²) in [7, 11) is 0. The van der Waals surface area contributed by atoms with E-state index in [2.05, 4.69) is 0 Å². The van der Waals surface area contributed by atoms with Gasteiger partial charge < -0.3 is 4.74 Å². The summed E-state index contributed by atoms with van der Waals surface area (Å²) in [4.78, 5) is 1.05. The topological polar surface area (TPSA) is 9.23 Å².